The van der Waals surface area contributed by atoms with Crippen molar-refractivity contribution >= 4 is 27.7 Å². The fourth-order valence-corrected chi connectivity index (χ4v) is 4.83. The molecule has 0 unspecified atom stereocenters. The highest BCUT2D eigenvalue weighted by Crippen LogP contribution is 2.23. The normalized spacial score (nSPS) is 15.5. The van der Waals surface area contributed by atoms with Crippen LogP contribution in [0, 0.1) is 18.3 Å². The van der Waals surface area contributed by atoms with Crippen LogP contribution in [-0.2, 0) is 14.8 Å². The summed E-state index contributed by atoms with van der Waals surface area (Å²) in [7, 11) is -3.60. The van der Waals surface area contributed by atoms with Gasteiger partial charge in [0.05, 0.1) is 4.90 Å². The Labute approximate surface area is 171 Å². The van der Waals surface area contributed by atoms with Crippen molar-refractivity contribution in [2.75, 3.05) is 18.4 Å². The van der Waals surface area contributed by atoms with Gasteiger partial charge in [-0.2, -0.15) is 9.57 Å². The van der Waals surface area contributed by atoms with E-state index in [0.29, 0.717) is 18.8 Å². The molecule has 0 radical (unpaired) electrons. The molecule has 1 aliphatic rings. The Hall–Kier alpha value is -2.95. The van der Waals surface area contributed by atoms with Crippen molar-refractivity contribution in [2.24, 2.45) is 0 Å². The fraction of sp³-hybridized carbons (Fsp3) is 0.273. The highest BCUT2D eigenvalue weighted by Gasteiger charge is 2.26. The molecule has 2 aromatic carbocycles. The summed E-state index contributed by atoms with van der Waals surface area (Å²) >= 11 is 0. The van der Waals surface area contributed by atoms with E-state index in [2.05, 4.69) is 5.32 Å². The molecule has 0 bridgehead atoms. The maximum atomic E-state index is 12.8. The predicted molar refractivity (Wildman–Crippen MR) is 112 cm³/mol. The van der Waals surface area contributed by atoms with Crippen molar-refractivity contribution in [3.8, 4) is 6.07 Å². The Morgan fingerprint density at radius 2 is 1.83 bits per heavy atom. The molecule has 6 nitrogen and oxygen atoms in total. The summed E-state index contributed by atoms with van der Waals surface area (Å²) in [6.07, 6.45) is 4.25. The van der Waals surface area contributed by atoms with E-state index in [-0.39, 0.29) is 10.5 Å². The number of carbonyl (C=O) groups is 1. The molecule has 1 amide bonds. The number of benzene rings is 2. The maximum absolute atomic E-state index is 12.8. The van der Waals surface area contributed by atoms with Crippen molar-refractivity contribution in [3.05, 3.63) is 65.2 Å². The van der Waals surface area contributed by atoms with Crippen LogP contribution in [0.25, 0.3) is 6.08 Å². The van der Waals surface area contributed by atoms with Crippen LogP contribution in [0.2, 0.25) is 0 Å². The van der Waals surface area contributed by atoms with Crippen molar-refractivity contribution in [3.63, 3.8) is 0 Å². The van der Waals surface area contributed by atoms with Gasteiger partial charge in [0.15, 0.2) is 0 Å². The Kier molecular flexibility index (Phi) is 6.47. The van der Waals surface area contributed by atoms with Gasteiger partial charge < -0.3 is 5.32 Å². The lowest BCUT2D eigenvalue weighted by atomic mass is 10.1. The monoisotopic (exact) mass is 409 g/mol. The van der Waals surface area contributed by atoms with Gasteiger partial charge >= 0.3 is 0 Å². The van der Waals surface area contributed by atoms with Crippen LogP contribution in [0.1, 0.15) is 30.4 Å². The van der Waals surface area contributed by atoms with E-state index in [1.54, 1.807) is 12.1 Å². The third-order valence-corrected chi connectivity index (χ3v) is 6.66. The van der Waals surface area contributed by atoms with Gasteiger partial charge in [0, 0.05) is 18.8 Å². The van der Waals surface area contributed by atoms with Crippen LogP contribution in [0.15, 0.2) is 59.0 Å². The van der Waals surface area contributed by atoms with E-state index >= 15 is 0 Å². The molecule has 29 heavy (non-hydrogen) atoms. The molecule has 150 valence electrons. The third-order valence-electron chi connectivity index (χ3n) is 4.76. The summed E-state index contributed by atoms with van der Waals surface area (Å²) in [5, 5.41) is 12.0. The van der Waals surface area contributed by atoms with Gasteiger partial charge in [-0.1, -0.05) is 42.3 Å². The van der Waals surface area contributed by atoms with Crippen molar-refractivity contribution in [1.82, 2.24) is 4.31 Å². The van der Waals surface area contributed by atoms with E-state index in [9.17, 15) is 18.5 Å². The zero-order valence-corrected chi connectivity index (χ0v) is 17.1. The van der Waals surface area contributed by atoms with Gasteiger partial charge in [-0.15, -0.1) is 0 Å². The number of carbonyl (C=O) groups excluding carboxylic acids is 1. The zero-order valence-electron chi connectivity index (χ0n) is 16.3. The van der Waals surface area contributed by atoms with E-state index < -0.39 is 15.9 Å². The standard InChI is InChI=1S/C22H23N3O3S/c1-17-7-5-8-18(13-17)14-19(16-23)22(26)24-20-9-6-10-21(15-20)29(27,28)25-11-3-2-4-12-25/h5-10,13-15H,2-4,11-12H2,1H3,(H,24,26)/b19-14+. The third kappa shape index (κ3) is 5.11. The van der Waals surface area contributed by atoms with E-state index in [4.69, 9.17) is 0 Å². The SMILES string of the molecule is Cc1cccc(/C=C(\C#N)C(=O)Nc2cccc(S(=O)(=O)N3CCCCC3)c2)c1. The topological polar surface area (TPSA) is 90.3 Å². The Morgan fingerprint density at radius 1 is 1.10 bits per heavy atom. The summed E-state index contributed by atoms with van der Waals surface area (Å²) in [4.78, 5) is 12.7. The second kappa shape index (κ2) is 9.03. The second-order valence-electron chi connectivity index (χ2n) is 7.03. The second-order valence-corrected chi connectivity index (χ2v) is 8.97. The molecular weight excluding hydrogens is 386 g/mol. The van der Waals surface area contributed by atoms with Crippen LogP contribution in [0.5, 0.6) is 0 Å². The molecule has 0 aromatic heterocycles. The fourth-order valence-electron chi connectivity index (χ4n) is 3.26. The highest BCUT2D eigenvalue weighted by molar-refractivity contribution is 7.89. The first-order valence-corrected chi connectivity index (χ1v) is 10.9. The summed E-state index contributed by atoms with van der Waals surface area (Å²) < 4.78 is 27.2. The van der Waals surface area contributed by atoms with Gasteiger partial charge in [-0.05, 0) is 49.6 Å². The first-order valence-electron chi connectivity index (χ1n) is 9.50. The summed E-state index contributed by atoms with van der Waals surface area (Å²) in [5.41, 5.74) is 2.04. The number of nitrogens with zero attached hydrogens (tertiary/aromatic N) is 2. The molecule has 1 heterocycles. The van der Waals surface area contributed by atoms with Crippen LogP contribution in [-0.4, -0.2) is 31.7 Å². The summed E-state index contributed by atoms with van der Waals surface area (Å²) in [5.74, 6) is -0.582. The smallest absolute Gasteiger partial charge is 0.266 e. The average Bonchev–Trinajstić information content (AvgIpc) is 2.73. The van der Waals surface area contributed by atoms with Gasteiger partial charge in [0.1, 0.15) is 11.6 Å². The first-order chi connectivity index (χ1) is 13.9. The molecule has 2 aromatic rings. The van der Waals surface area contributed by atoms with E-state index in [0.717, 1.165) is 30.4 Å². The molecule has 0 saturated carbocycles. The number of anilines is 1. The van der Waals surface area contributed by atoms with E-state index in [1.807, 2.05) is 37.3 Å². The first kappa shape index (κ1) is 20.8. The highest BCUT2D eigenvalue weighted by atomic mass is 32.2. The van der Waals surface area contributed by atoms with Crippen LogP contribution in [0.4, 0.5) is 5.69 Å². The van der Waals surface area contributed by atoms with Crippen molar-refractivity contribution < 1.29 is 13.2 Å². The lowest BCUT2D eigenvalue weighted by Crippen LogP contribution is -2.35. The largest absolute Gasteiger partial charge is 0.321 e. The molecule has 3 rings (SSSR count). The maximum Gasteiger partial charge on any atom is 0.266 e. The van der Waals surface area contributed by atoms with Crippen LogP contribution < -0.4 is 5.32 Å². The summed E-state index contributed by atoms with van der Waals surface area (Å²) in [6.45, 7) is 2.95. The number of sulfonamides is 1. The number of hydrogen-bond donors (Lipinski definition) is 1. The number of aryl methyl sites for hydroxylation is 1. The molecular formula is C22H23N3O3S. The van der Waals surface area contributed by atoms with E-state index in [1.165, 1.54) is 22.5 Å². The van der Waals surface area contributed by atoms with Gasteiger partial charge in [-0.3, -0.25) is 4.79 Å². The Balaban J connectivity index is 1.80. The number of nitrogens with one attached hydrogen (secondary N) is 1. The molecule has 0 atom stereocenters. The number of nitriles is 1. The minimum atomic E-state index is -3.60. The minimum absolute atomic E-state index is 0.0557. The number of rotatable bonds is 5. The summed E-state index contributed by atoms with van der Waals surface area (Å²) in [6, 6.07) is 15.5. The van der Waals surface area contributed by atoms with Crippen LogP contribution in [0.3, 0.4) is 0 Å². The minimum Gasteiger partial charge on any atom is -0.321 e. The molecule has 0 aliphatic carbocycles. The molecule has 0 spiro atoms. The van der Waals surface area contributed by atoms with Gasteiger partial charge in [0.2, 0.25) is 10.0 Å². The lowest BCUT2D eigenvalue weighted by molar-refractivity contribution is -0.112. The molecule has 7 heteroatoms. The molecule has 1 aliphatic heterocycles. The lowest BCUT2D eigenvalue weighted by Gasteiger charge is -2.26. The number of piperidine rings is 1. The molecule has 1 saturated heterocycles. The quantitative estimate of drug-likeness (QED) is 0.602. The Bertz CT molecular complexity index is 1080. The molecule has 1 N–H and O–H groups in total. The number of amides is 1. The van der Waals surface area contributed by atoms with Crippen LogP contribution >= 0.6 is 0 Å². The zero-order chi connectivity index (χ0) is 20.9. The predicted octanol–water partition coefficient (Wildman–Crippen LogP) is 3.72. The number of hydrogen-bond acceptors (Lipinski definition) is 4. The van der Waals surface area contributed by atoms with Gasteiger partial charge in [0.25, 0.3) is 5.91 Å². The van der Waals surface area contributed by atoms with Gasteiger partial charge in [-0.25, -0.2) is 8.42 Å². The van der Waals surface area contributed by atoms with Crippen molar-refractivity contribution in [2.45, 2.75) is 31.1 Å². The van der Waals surface area contributed by atoms with Crippen molar-refractivity contribution in [1.29, 1.82) is 5.26 Å². The Morgan fingerprint density at radius 3 is 2.52 bits per heavy atom. The molecule has 1 fully saturated rings. The average molecular weight is 410 g/mol.